The first-order valence-electron chi connectivity index (χ1n) is 11.5. The first-order valence-corrected chi connectivity index (χ1v) is 11.5. The molecule has 4 rings (SSSR count). The lowest BCUT2D eigenvalue weighted by molar-refractivity contribution is -0.139. The number of aromatic nitrogens is 1. The van der Waals surface area contributed by atoms with Crippen LogP contribution in [0.15, 0.2) is 42.6 Å². The van der Waals surface area contributed by atoms with E-state index in [9.17, 15) is 24.3 Å². The van der Waals surface area contributed by atoms with Crippen LogP contribution in [0.3, 0.4) is 0 Å². The number of nitrogens with two attached hydrogens (primary N) is 1. The molecule has 2 aliphatic rings. The van der Waals surface area contributed by atoms with Crippen LogP contribution in [0, 0.1) is 0 Å². The van der Waals surface area contributed by atoms with Gasteiger partial charge in [0.2, 0.25) is 11.8 Å². The van der Waals surface area contributed by atoms with Gasteiger partial charge in [0.1, 0.15) is 17.9 Å². The van der Waals surface area contributed by atoms with Gasteiger partial charge in [-0.1, -0.05) is 18.2 Å². The first-order chi connectivity index (χ1) is 17.2. The second-order valence-electron chi connectivity index (χ2n) is 8.54. The highest BCUT2D eigenvalue weighted by atomic mass is 16.5. The minimum atomic E-state index is -1.25. The number of ether oxygens (including phenoxy) is 1. The summed E-state index contributed by atoms with van der Waals surface area (Å²) in [5, 5.41) is 20.1. The van der Waals surface area contributed by atoms with Crippen LogP contribution in [0.1, 0.15) is 24.5 Å². The molecular weight excluding hydrogens is 468 g/mol. The van der Waals surface area contributed by atoms with E-state index in [1.165, 1.54) is 12.3 Å². The van der Waals surface area contributed by atoms with Gasteiger partial charge >= 0.3 is 12.0 Å². The van der Waals surface area contributed by atoms with Crippen molar-refractivity contribution in [2.45, 2.75) is 44.3 Å². The Morgan fingerprint density at radius 1 is 1.22 bits per heavy atom. The molecule has 12 nitrogen and oxygen atoms in total. The Hall–Kier alpha value is -4.19. The number of anilines is 2. The fourth-order valence-electron chi connectivity index (χ4n) is 3.55. The first kappa shape index (κ1) is 26.4. The van der Waals surface area contributed by atoms with E-state index in [4.69, 9.17) is 10.5 Å². The zero-order chi connectivity index (χ0) is 26.1. The second-order valence-corrected chi connectivity index (χ2v) is 8.54. The van der Waals surface area contributed by atoms with Crippen molar-refractivity contribution < 1.29 is 29.0 Å². The largest absolute Gasteiger partial charge is 0.480 e. The Morgan fingerprint density at radius 3 is 2.64 bits per heavy atom. The number of aliphatic carboxylic acids is 1. The molecule has 192 valence electrons. The van der Waals surface area contributed by atoms with E-state index in [1.54, 1.807) is 37.3 Å². The van der Waals surface area contributed by atoms with Gasteiger partial charge in [-0.2, -0.15) is 0 Å². The third-order valence-corrected chi connectivity index (χ3v) is 5.42. The summed E-state index contributed by atoms with van der Waals surface area (Å²) < 4.78 is 5.48. The number of hydrogen-bond donors (Lipinski definition) is 6. The Morgan fingerprint density at radius 2 is 1.97 bits per heavy atom. The SMILES string of the molecule is CC1COCCC(=O)Nc2ccc(cc2)CC(NC(=O)NC(Cc2ccc(N)nc2)C(=O)O)C(=O)N1. The van der Waals surface area contributed by atoms with Crippen molar-refractivity contribution in [1.82, 2.24) is 20.9 Å². The van der Waals surface area contributed by atoms with Crippen LogP contribution in [0.25, 0.3) is 0 Å². The van der Waals surface area contributed by atoms with Gasteiger partial charge in [-0.25, -0.2) is 14.6 Å². The molecule has 0 aliphatic carbocycles. The molecule has 3 unspecified atom stereocenters. The molecule has 0 radical (unpaired) electrons. The zero-order valence-electron chi connectivity index (χ0n) is 19.8. The maximum Gasteiger partial charge on any atom is 0.326 e. The van der Waals surface area contributed by atoms with Crippen molar-refractivity contribution >= 4 is 35.3 Å². The number of pyridine rings is 1. The average molecular weight is 499 g/mol. The number of nitrogens with one attached hydrogen (secondary N) is 4. The number of carbonyl (C=O) groups is 4. The summed E-state index contributed by atoms with van der Waals surface area (Å²) in [4.78, 5) is 53.4. The molecule has 2 aromatic rings. The van der Waals surface area contributed by atoms with Gasteiger partial charge in [0.25, 0.3) is 0 Å². The van der Waals surface area contributed by atoms with Gasteiger partial charge in [-0.3, -0.25) is 9.59 Å². The van der Waals surface area contributed by atoms with E-state index in [2.05, 4.69) is 26.3 Å². The normalized spacial score (nSPS) is 19.7. The third kappa shape index (κ3) is 8.24. The number of rotatable bonds is 5. The molecule has 12 heteroatoms. The van der Waals surface area contributed by atoms with Crippen LogP contribution < -0.4 is 27.0 Å². The summed E-state index contributed by atoms with van der Waals surface area (Å²) in [7, 11) is 0. The molecule has 0 saturated carbocycles. The van der Waals surface area contributed by atoms with E-state index >= 15 is 0 Å². The van der Waals surface area contributed by atoms with E-state index in [-0.39, 0.29) is 44.4 Å². The summed E-state index contributed by atoms with van der Waals surface area (Å²) in [6.45, 7) is 2.11. The Kier molecular flexibility index (Phi) is 9.17. The Bertz CT molecular complexity index is 1080. The van der Waals surface area contributed by atoms with E-state index in [0.29, 0.717) is 17.1 Å². The molecule has 4 amide bonds. The summed E-state index contributed by atoms with van der Waals surface area (Å²) in [5.74, 6) is -1.59. The van der Waals surface area contributed by atoms with Gasteiger partial charge in [0, 0.05) is 30.8 Å². The molecule has 1 aromatic heterocycles. The summed E-state index contributed by atoms with van der Waals surface area (Å²) in [6.07, 6.45) is 1.73. The van der Waals surface area contributed by atoms with Gasteiger partial charge in [0.05, 0.1) is 19.6 Å². The molecule has 36 heavy (non-hydrogen) atoms. The highest BCUT2D eigenvalue weighted by Crippen LogP contribution is 2.13. The number of carboxylic acids is 1. The average Bonchev–Trinajstić information content (AvgIpc) is 2.83. The summed E-state index contributed by atoms with van der Waals surface area (Å²) in [6, 6.07) is 6.60. The molecule has 3 atom stereocenters. The van der Waals surface area contributed by atoms with Gasteiger partial charge in [0.15, 0.2) is 0 Å². The van der Waals surface area contributed by atoms with Crippen molar-refractivity contribution in [3.63, 3.8) is 0 Å². The minimum Gasteiger partial charge on any atom is -0.480 e. The second kappa shape index (κ2) is 12.5. The van der Waals surface area contributed by atoms with Gasteiger partial charge in [-0.15, -0.1) is 0 Å². The highest BCUT2D eigenvalue weighted by Gasteiger charge is 2.26. The molecule has 0 saturated heterocycles. The van der Waals surface area contributed by atoms with Crippen LogP contribution in [0.4, 0.5) is 16.3 Å². The quantitative estimate of drug-likeness (QED) is 0.343. The maximum absolute atomic E-state index is 13.0. The molecule has 2 bridgehead atoms. The van der Waals surface area contributed by atoms with Crippen LogP contribution >= 0.6 is 0 Å². The van der Waals surface area contributed by atoms with Crippen molar-refractivity contribution in [3.05, 3.63) is 53.7 Å². The maximum atomic E-state index is 13.0. The molecule has 0 spiro atoms. The highest BCUT2D eigenvalue weighted by molar-refractivity contribution is 5.91. The van der Waals surface area contributed by atoms with Crippen LogP contribution in [0.5, 0.6) is 0 Å². The number of amides is 4. The van der Waals surface area contributed by atoms with Gasteiger partial charge in [-0.05, 0) is 36.2 Å². The van der Waals surface area contributed by atoms with Gasteiger partial charge < -0.3 is 36.8 Å². The van der Waals surface area contributed by atoms with E-state index in [0.717, 1.165) is 5.56 Å². The fourth-order valence-corrected chi connectivity index (χ4v) is 3.55. The number of benzene rings is 1. The predicted octanol–water partition coefficient (Wildman–Crippen LogP) is 0.434. The van der Waals surface area contributed by atoms with E-state index in [1.807, 2.05) is 0 Å². The number of hydrogen-bond acceptors (Lipinski definition) is 7. The number of fused-ring (bicyclic) bond motifs is 12. The molecule has 2 aliphatic heterocycles. The molecule has 7 N–H and O–H groups in total. The topological polar surface area (TPSA) is 185 Å². The fraction of sp³-hybridized carbons (Fsp3) is 0.375. The number of urea groups is 1. The third-order valence-electron chi connectivity index (χ3n) is 5.42. The minimum absolute atomic E-state index is 0.0194. The zero-order valence-corrected chi connectivity index (χ0v) is 19.8. The lowest BCUT2D eigenvalue weighted by Gasteiger charge is -2.23. The van der Waals surface area contributed by atoms with Crippen LogP contribution in [-0.4, -0.2) is 65.2 Å². The Balaban J connectivity index is 1.72. The lowest BCUT2D eigenvalue weighted by atomic mass is 10.0. The number of nitrogen functional groups attached to an aromatic ring is 1. The monoisotopic (exact) mass is 498 g/mol. The lowest BCUT2D eigenvalue weighted by Crippen LogP contribution is -2.55. The van der Waals surface area contributed by atoms with Crippen molar-refractivity contribution in [3.8, 4) is 0 Å². The van der Waals surface area contributed by atoms with Crippen LogP contribution in [-0.2, 0) is 32.0 Å². The summed E-state index contributed by atoms with van der Waals surface area (Å²) in [5.41, 5.74) is 7.46. The summed E-state index contributed by atoms with van der Waals surface area (Å²) >= 11 is 0. The number of carboxylic acid groups (broad SMARTS) is 1. The number of nitrogens with zero attached hydrogens (tertiary/aromatic N) is 1. The molecule has 3 heterocycles. The molecule has 0 fully saturated rings. The molecular formula is C24H30N6O6. The number of carbonyl (C=O) groups excluding carboxylic acids is 3. The van der Waals surface area contributed by atoms with E-state index < -0.39 is 30.0 Å². The predicted molar refractivity (Wildman–Crippen MR) is 131 cm³/mol. The van der Waals surface area contributed by atoms with Crippen molar-refractivity contribution in [2.75, 3.05) is 24.3 Å². The standard InChI is InChI=1S/C24H30N6O6/c1-14-13-36-9-8-21(31)28-17-5-2-15(3-6-17)10-18(22(32)27-14)29-24(35)30-19(23(33)34)11-16-4-7-20(25)26-12-16/h2-7,12,14,18-19H,8-11,13H2,1H3,(H2,25,26)(H,27,32)(H,28,31)(H,33,34)(H2,29,30,35). The smallest absolute Gasteiger partial charge is 0.326 e. The molecule has 1 aromatic carbocycles. The Labute approximate surface area is 208 Å². The van der Waals surface area contributed by atoms with Crippen molar-refractivity contribution in [2.24, 2.45) is 0 Å². The van der Waals surface area contributed by atoms with Crippen molar-refractivity contribution in [1.29, 1.82) is 0 Å². The van der Waals surface area contributed by atoms with Crippen LogP contribution in [0.2, 0.25) is 0 Å².